The van der Waals surface area contributed by atoms with Gasteiger partial charge in [0.25, 0.3) is 0 Å². The minimum absolute atomic E-state index is 0.254. The molecule has 26 heavy (non-hydrogen) atoms. The van der Waals surface area contributed by atoms with Crippen molar-refractivity contribution in [2.45, 2.75) is 20.0 Å². The molecule has 5 heteroatoms. The molecule has 1 heterocycles. The van der Waals surface area contributed by atoms with Crippen LogP contribution < -0.4 is 0 Å². The van der Waals surface area contributed by atoms with Crippen molar-refractivity contribution in [2.24, 2.45) is 0 Å². The molecule has 0 saturated heterocycles. The Morgan fingerprint density at radius 3 is 2.50 bits per heavy atom. The lowest BCUT2D eigenvalue weighted by Crippen LogP contribution is -2.21. The number of fused-ring (bicyclic) bond motifs is 1. The molecule has 0 saturated carbocycles. The number of benzene rings is 2. The lowest BCUT2D eigenvalue weighted by atomic mass is 10.0. The van der Waals surface area contributed by atoms with E-state index in [4.69, 9.17) is 9.72 Å². The summed E-state index contributed by atoms with van der Waals surface area (Å²) in [7, 11) is 3.32. The van der Waals surface area contributed by atoms with E-state index in [1.54, 1.807) is 12.1 Å². The Morgan fingerprint density at radius 1 is 1.12 bits per heavy atom. The van der Waals surface area contributed by atoms with Gasteiger partial charge in [-0.1, -0.05) is 30.3 Å². The second kappa shape index (κ2) is 7.62. The molecule has 0 N–H and O–H groups in total. The van der Waals surface area contributed by atoms with E-state index in [2.05, 4.69) is 0 Å². The number of rotatable bonds is 5. The van der Waals surface area contributed by atoms with Crippen molar-refractivity contribution >= 4 is 16.9 Å². The standard InChI is InChI=1S/C21H21FN2O2/c1-14-17-6-4-5-7-18(17)23-19(20(14)21(25)26-3)13-24(2)12-15-8-10-16(22)11-9-15/h4-11H,12-13H2,1-3H3. The van der Waals surface area contributed by atoms with Crippen LogP contribution in [0, 0.1) is 12.7 Å². The van der Waals surface area contributed by atoms with E-state index < -0.39 is 0 Å². The molecule has 0 unspecified atom stereocenters. The van der Waals surface area contributed by atoms with Crippen LogP contribution in [0.3, 0.4) is 0 Å². The maximum absolute atomic E-state index is 13.1. The number of aromatic nitrogens is 1. The van der Waals surface area contributed by atoms with Crippen molar-refractivity contribution in [2.75, 3.05) is 14.2 Å². The van der Waals surface area contributed by atoms with Crippen molar-refractivity contribution < 1.29 is 13.9 Å². The first-order valence-electron chi connectivity index (χ1n) is 8.39. The van der Waals surface area contributed by atoms with Crippen LogP contribution in [0.4, 0.5) is 4.39 Å². The summed E-state index contributed by atoms with van der Waals surface area (Å²) in [6, 6.07) is 14.2. The Labute approximate surface area is 152 Å². The molecule has 3 rings (SSSR count). The Morgan fingerprint density at radius 2 is 1.81 bits per heavy atom. The number of ether oxygens (including phenoxy) is 1. The van der Waals surface area contributed by atoms with Gasteiger partial charge in [-0.15, -0.1) is 0 Å². The van der Waals surface area contributed by atoms with E-state index >= 15 is 0 Å². The third kappa shape index (κ3) is 3.73. The van der Waals surface area contributed by atoms with Crippen LogP contribution >= 0.6 is 0 Å². The number of aryl methyl sites for hydroxylation is 1. The van der Waals surface area contributed by atoms with Gasteiger partial charge in [0.1, 0.15) is 5.82 Å². The fraction of sp³-hybridized carbons (Fsp3) is 0.238. The Kier molecular flexibility index (Phi) is 5.28. The van der Waals surface area contributed by atoms with E-state index in [9.17, 15) is 9.18 Å². The number of halogens is 1. The van der Waals surface area contributed by atoms with Gasteiger partial charge < -0.3 is 4.74 Å². The summed E-state index contributed by atoms with van der Waals surface area (Å²) < 4.78 is 18.1. The first-order chi connectivity index (χ1) is 12.5. The van der Waals surface area contributed by atoms with Crippen LogP contribution in [0.1, 0.15) is 27.2 Å². The summed E-state index contributed by atoms with van der Waals surface area (Å²) in [5.74, 6) is -0.637. The van der Waals surface area contributed by atoms with Crippen molar-refractivity contribution in [3.05, 3.63) is 76.7 Å². The highest BCUT2D eigenvalue weighted by atomic mass is 19.1. The Balaban J connectivity index is 1.94. The third-order valence-corrected chi connectivity index (χ3v) is 4.40. The fourth-order valence-corrected chi connectivity index (χ4v) is 3.14. The first-order valence-corrected chi connectivity index (χ1v) is 8.39. The average molecular weight is 352 g/mol. The molecular weight excluding hydrogens is 331 g/mol. The van der Waals surface area contributed by atoms with Gasteiger partial charge in [-0.05, 0) is 43.3 Å². The summed E-state index contributed by atoms with van der Waals surface area (Å²) in [5, 5.41) is 0.942. The molecule has 1 aromatic heterocycles. The summed E-state index contributed by atoms with van der Waals surface area (Å²) in [6.45, 7) is 3.02. The lowest BCUT2D eigenvalue weighted by molar-refractivity contribution is 0.0597. The highest BCUT2D eigenvalue weighted by Crippen LogP contribution is 2.24. The van der Waals surface area contributed by atoms with Crippen LogP contribution in [-0.4, -0.2) is 30.0 Å². The normalized spacial score (nSPS) is 11.1. The van der Waals surface area contributed by atoms with E-state index in [-0.39, 0.29) is 11.8 Å². The molecule has 0 radical (unpaired) electrons. The number of pyridine rings is 1. The average Bonchev–Trinajstić information content (AvgIpc) is 2.63. The topological polar surface area (TPSA) is 42.4 Å². The number of esters is 1. The molecule has 0 amide bonds. The highest BCUT2D eigenvalue weighted by molar-refractivity contribution is 5.98. The zero-order valence-corrected chi connectivity index (χ0v) is 15.1. The maximum Gasteiger partial charge on any atom is 0.340 e. The highest BCUT2D eigenvalue weighted by Gasteiger charge is 2.20. The largest absolute Gasteiger partial charge is 0.465 e. The molecule has 0 aliphatic rings. The predicted octanol–water partition coefficient (Wildman–Crippen LogP) is 4.10. The van der Waals surface area contributed by atoms with Gasteiger partial charge in [-0.3, -0.25) is 9.88 Å². The van der Waals surface area contributed by atoms with E-state index in [0.29, 0.717) is 24.3 Å². The number of carbonyl (C=O) groups excluding carboxylic acids is 1. The maximum atomic E-state index is 13.1. The van der Waals surface area contributed by atoms with Crippen molar-refractivity contribution in [3.63, 3.8) is 0 Å². The molecule has 0 atom stereocenters. The molecule has 0 spiro atoms. The van der Waals surface area contributed by atoms with E-state index in [1.807, 2.05) is 43.1 Å². The summed E-state index contributed by atoms with van der Waals surface area (Å²) in [6.07, 6.45) is 0. The van der Waals surface area contributed by atoms with Gasteiger partial charge in [-0.25, -0.2) is 9.18 Å². The summed E-state index contributed by atoms with van der Waals surface area (Å²) in [4.78, 5) is 19.1. The van der Waals surface area contributed by atoms with Crippen LogP contribution in [0.5, 0.6) is 0 Å². The van der Waals surface area contributed by atoms with Crippen LogP contribution in [0.15, 0.2) is 48.5 Å². The molecule has 0 aliphatic carbocycles. The first kappa shape index (κ1) is 18.0. The fourth-order valence-electron chi connectivity index (χ4n) is 3.14. The lowest BCUT2D eigenvalue weighted by Gasteiger charge is -2.19. The second-order valence-corrected chi connectivity index (χ2v) is 6.37. The van der Waals surface area contributed by atoms with Gasteiger partial charge in [0.15, 0.2) is 0 Å². The molecule has 134 valence electrons. The number of para-hydroxylation sites is 1. The van der Waals surface area contributed by atoms with Gasteiger partial charge in [-0.2, -0.15) is 0 Å². The predicted molar refractivity (Wildman–Crippen MR) is 99.4 cm³/mol. The molecule has 4 nitrogen and oxygen atoms in total. The van der Waals surface area contributed by atoms with Crippen LogP contribution in [0.25, 0.3) is 10.9 Å². The summed E-state index contributed by atoms with van der Waals surface area (Å²) >= 11 is 0. The van der Waals surface area contributed by atoms with Gasteiger partial charge >= 0.3 is 5.97 Å². The number of nitrogens with zero attached hydrogens (tertiary/aromatic N) is 2. The number of carbonyl (C=O) groups is 1. The third-order valence-electron chi connectivity index (χ3n) is 4.40. The quantitative estimate of drug-likeness (QED) is 0.649. The SMILES string of the molecule is COC(=O)c1c(CN(C)Cc2ccc(F)cc2)nc2ccccc2c1C. The zero-order chi connectivity index (χ0) is 18.7. The Hall–Kier alpha value is -2.79. The number of hydrogen-bond donors (Lipinski definition) is 0. The minimum Gasteiger partial charge on any atom is -0.465 e. The van der Waals surface area contributed by atoms with Crippen LogP contribution in [0.2, 0.25) is 0 Å². The minimum atomic E-state index is -0.383. The number of hydrogen-bond acceptors (Lipinski definition) is 4. The monoisotopic (exact) mass is 352 g/mol. The molecule has 0 bridgehead atoms. The molecule has 0 aliphatic heterocycles. The van der Waals surface area contributed by atoms with Gasteiger partial charge in [0.05, 0.1) is 23.9 Å². The zero-order valence-electron chi connectivity index (χ0n) is 15.1. The van der Waals surface area contributed by atoms with E-state index in [1.165, 1.54) is 19.2 Å². The number of methoxy groups -OCH3 is 1. The van der Waals surface area contributed by atoms with Crippen molar-refractivity contribution in [1.82, 2.24) is 9.88 Å². The Bertz CT molecular complexity index is 939. The van der Waals surface area contributed by atoms with Crippen LogP contribution in [-0.2, 0) is 17.8 Å². The van der Waals surface area contributed by atoms with E-state index in [0.717, 1.165) is 22.0 Å². The molecule has 0 fully saturated rings. The van der Waals surface area contributed by atoms with Gasteiger partial charge in [0.2, 0.25) is 0 Å². The molecule has 3 aromatic rings. The van der Waals surface area contributed by atoms with Crippen molar-refractivity contribution in [1.29, 1.82) is 0 Å². The van der Waals surface area contributed by atoms with Crippen molar-refractivity contribution in [3.8, 4) is 0 Å². The van der Waals surface area contributed by atoms with Gasteiger partial charge in [0, 0.05) is 18.5 Å². The second-order valence-electron chi connectivity index (χ2n) is 6.37. The molecular formula is C21H21FN2O2. The smallest absolute Gasteiger partial charge is 0.340 e. The summed E-state index contributed by atoms with van der Waals surface area (Å²) in [5.41, 5.74) is 3.90. The molecule has 2 aromatic carbocycles.